The van der Waals surface area contributed by atoms with Crippen LogP contribution in [0.2, 0.25) is 0 Å². The minimum Gasteiger partial charge on any atom is -0.369 e. The molecular weight excluding hydrogens is 470 g/mol. The van der Waals surface area contributed by atoms with E-state index >= 15 is 0 Å². The van der Waals surface area contributed by atoms with Gasteiger partial charge in [-0.05, 0) is 66.9 Å². The summed E-state index contributed by atoms with van der Waals surface area (Å²) in [4.78, 5) is 34.4. The highest BCUT2D eigenvalue weighted by atomic mass is 32.2. The monoisotopic (exact) mass is 499 g/mol. The highest BCUT2D eigenvalue weighted by Crippen LogP contribution is 2.24. The lowest BCUT2D eigenvalue weighted by molar-refractivity contribution is -0.123. The SMILES string of the molecule is NC(=O)C1CCCN(Cc2ccc(NC(=O)c3ccc(CSc4nc5ccccc5[nH]4)cc3)cc2)C1. The Hall–Kier alpha value is -3.62. The first kappa shape index (κ1) is 24.1. The number of nitrogens with zero attached hydrogens (tertiary/aromatic N) is 2. The fourth-order valence-electron chi connectivity index (χ4n) is 4.49. The number of amides is 2. The number of benzene rings is 3. The zero-order valence-corrected chi connectivity index (χ0v) is 20.8. The zero-order chi connectivity index (χ0) is 24.9. The van der Waals surface area contributed by atoms with E-state index in [1.54, 1.807) is 11.8 Å². The van der Waals surface area contributed by atoms with Crippen molar-refractivity contribution in [1.29, 1.82) is 0 Å². The summed E-state index contributed by atoms with van der Waals surface area (Å²) >= 11 is 1.64. The molecule has 1 unspecified atom stereocenters. The van der Waals surface area contributed by atoms with Crippen molar-refractivity contribution in [3.63, 3.8) is 0 Å². The number of thioether (sulfide) groups is 1. The lowest BCUT2D eigenvalue weighted by atomic mass is 9.97. The van der Waals surface area contributed by atoms with E-state index in [0.29, 0.717) is 12.1 Å². The molecule has 8 heteroatoms. The number of nitrogens with two attached hydrogens (primary N) is 1. The minimum absolute atomic E-state index is 0.0624. The van der Waals surface area contributed by atoms with E-state index in [4.69, 9.17) is 5.73 Å². The summed E-state index contributed by atoms with van der Waals surface area (Å²) in [6, 6.07) is 23.5. The molecule has 2 amide bonds. The number of primary amides is 1. The van der Waals surface area contributed by atoms with E-state index in [0.717, 1.165) is 64.7 Å². The van der Waals surface area contributed by atoms with Crippen molar-refractivity contribution >= 4 is 40.3 Å². The molecular formula is C28H29N5O2S. The van der Waals surface area contributed by atoms with Crippen LogP contribution in [0.15, 0.2) is 78.0 Å². The molecule has 1 aliphatic rings. The molecule has 2 heterocycles. The normalized spacial score (nSPS) is 16.2. The Labute approximate surface area is 214 Å². The van der Waals surface area contributed by atoms with Gasteiger partial charge in [0.25, 0.3) is 5.91 Å². The van der Waals surface area contributed by atoms with Crippen LogP contribution in [-0.4, -0.2) is 39.8 Å². The standard InChI is InChI=1S/C28H29N5O2S/c29-26(34)22-4-3-15-33(17-22)16-19-9-13-23(14-10-19)30-27(35)21-11-7-20(8-12-21)18-36-28-31-24-5-1-2-6-25(24)32-28/h1-2,5-14,22H,3-4,15-18H2,(H2,29,34)(H,30,35)(H,31,32). The molecule has 1 aliphatic heterocycles. The van der Waals surface area contributed by atoms with Crippen LogP contribution in [0.25, 0.3) is 11.0 Å². The average Bonchev–Trinajstić information content (AvgIpc) is 3.32. The Bertz CT molecular complexity index is 1320. The number of carbonyl (C=O) groups is 2. The molecule has 3 aromatic carbocycles. The van der Waals surface area contributed by atoms with Crippen LogP contribution in [0.3, 0.4) is 0 Å². The first-order valence-electron chi connectivity index (χ1n) is 12.1. The average molecular weight is 500 g/mol. The fourth-order valence-corrected chi connectivity index (χ4v) is 5.33. The number of hydrogen-bond donors (Lipinski definition) is 3. The third-order valence-corrected chi connectivity index (χ3v) is 7.43. The summed E-state index contributed by atoms with van der Waals surface area (Å²) in [5.41, 5.74) is 11.1. The third kappa shape index (κ3) is 5.95. The molecule has 1 atom stereocenters. The van der Waals surface area contributed by atoms with Gasteiger partial charge in [0.1, 0.15) is 0 Å². The fraction of sp³-hybridized carbons (Fsp3) is 0.250. The van der Waals surface area contributed by atoms with Crippen molar-refractivity contribution in [3.05, 3.63) is 89.5 Å². The van der Waals surface area contributed by atoms with Gasteiger partial charge in [0.15, 0.2) is 5.16 Å². The zero-order valence-electron chi connectivity index (χ0n) is 19.9. The number of fused-ring (bicyclic) bond motifs is 1. The van der Waals surface area contributed by atoms with Crippen molar-refractivity contribution in [3.8, 4) is 0 Å². The van der Waals surface area contributed by atoms with E-state index in [1.807, 2.05) is 72.8 Å². The maximum absolute atomic E-state index is 12.7. The Morgan fingerprint density at radius 3 is 2.53 bits per heavy atom. The smallest absolute Gasteiger partial charge is 0.255 e. The predicted octanol–water partition coefficient (Wildman–Crippen LogP) is 4.80. The molecule has 1 saturated heterocycles. The topological polar surface area (TPSA) is 104 Å². The Kier molecular flexibility index (Phi) is 7.34. The summed E-state index contributed by atoms with van der Waals surface area (Å²) in [7, 11) is 0. The number of imidazole rings is 1. The van der Waals surface area contributed by atoms with Gasteiger partial charge in [-0.3, -0.25) is 14.5 Å². The van der Waals surface area contributed by atoms with Crippen LogP contribution in [0.4, 0.5) is 5.69 Å². The maximum atomic E-state index is 12.7. The van der Waals surface area contributed by atoms with E-state index in [9.17, 15) is 9.59 Å². The molecule has 0 bridgehead atoms. The number of carbonyl (C=O) groups excluding carboxylic acids is 2. The second-order valence-electron chi connectivity index (χ2n) is 9.17. The number of aromatic amines is 1. The van der Waals surface area contributed by atoms with E-state index < -0.39 is 0 Å². The molecule has 7 nitrogen and oxygen atoms in total. The second-order valence-corrected chi connectivity index (χ2v) is 10.1. The number of rotatable bonds is 8. The third-order valence-electron chi connectivity index (χ3n) is 6.49. The second kappa shape index (κ2) is 11.0. The van der Waals surface area contributed by atoms with Crippen LogP contribution in [0.5, 0.6) is 0 Å². The van der Waals surface area contributed by atoms with E-state index in [2.05, 4.69) is 20.2 Å². The van der Waals surface area contributed by atoms with Gasteiger partial charge < -0.3 is 16.0 Å². The quantitative estimate of drug-likeness (QED) is 0.302. The number of hydrogen-bond acceptors (Lipinski definition) is 5. The Morgan fingerprint density at radius 1 is 1.03 bits per heavy atom. The number of likely N-dealkylation sites (tertiary alicyclic amines) is 1. The molecule has 36 heavy (non-hydrogen) atoms. The lowest BCUT2D eigenvalue weighted by Crippen LogP contribution is -2.40. The number of piperidine rings is 1. The van der Waals surface area contributed by atoms with E-state index in [1.165, 1.54) is 0 Å². The molecule has 1 fully saturated rings. The Balaban J connectivity index is 1.12. The number of nitrogens with one attached hydrogen (secondary N) is 2. The van der Waals surface area contributed by atoms with Crippen LogP contribution in [0.1, 0.15) is 34.3 Å². The van der Waals surface area contributed by atoms with Crippen molar-refractivity contribution in [2.45, 2.75) is 30.3 Å². The Morgan fingerprint density at radius 2 is 1.78 bits per heavy atom. The summed E-state index contributed by atoms with van der Waals surface area (Å²) in [6.45, 7) is 2.45. The first-order chi connectivity index (χ1) is 17.5. The van der Waals surface area contributed by atoms with Crippen molar-refractivity contribution in [1.82, 2.24) is 14.9 Å². The van der Waals surface area contributed by atoms with Gasteiger partial charge in [0.2, 0.25) is 5.91 Å². The molecule has 184 valence electrons. The first-order valence-corrected chi connectivity index (χ1v) is 13.1. The molecule has 0 radical (unpaired) electrons. The van der Waals surface area contributed by atoms with Crippen LogP contribution in [0, 0.1) is 5.92 Å². The highest BCUT2D eigenvalue weighted by Gasteiger charge is 2.23. The number of para-hydroxylation sites is 2. The van der Waals surface area contributed by atoms with Gasteiger partial charge in [-0.15, -0.1) is 0 Å². The molecule has 0 spiro atoms. The van der Waals surface area contributed by atoms with Crippen molar-refractivity contribution in [2.24, 2.45) is 11.7 Å². The molecule has 0 aliphatic carbocycles. The van der Waals surface area contributed by atoms with Crippen molar-refractivity contribution in [2.75, 3.05) is 18.4 Å². The van der Waals surface area contributed by atoms with Crippen LogP contribution >= 0.6 is 11.8 Å². The minimum atomic E-state index is -0.212. The van der Waals surface area contributed by atoms with Crippen LogP contribution < -0.4 is 11.1 Å². The maximum Gasteiger partial charge on any atom is 0.255 e. The van der Waals surface area contributed by atoms with Crippen molar-refractivity contribution < 1.29 is 9.59 Å². The van der Waals surface area contributed by atoms with Gasteiger partial charge in [0, 0.05) is 30.1 Å². The van der Waals surface area contributed by atoms with Gasteiger partial charge in [-0.25, -0.2) is 4.98 Å². The molecule has 1 aromatic heterocycles. The lowest BCUT2D eigenvalue weighted by Gasteiger charge is -2.31. The molecule has 4 N–H and O–H groups in total. The molecule has 0 saturated carbocycles. The summed E-state index contributed by atoms with van der Waals surface area (Å²) < 4.78 is 0. The van der Waals surface area contributed by atoms with Crippen LogP contribution in [-0.2, 0) is 17.1 Å². The highest BCUT2D eigenvalue weighted by molar-refractivity contribution is 7.98. The van der Waals surface area contributed by atoms with Gasteiger partial charge in [-0.2, -0.15) is 0 Å². The summed E-state index contributed by atoms with van der Waals surface area (Å²) in [5, 5.41) is 3.85. The molecule has 5 rings (SSSR count). The van der Waals surface area contributed by atoms with E-state index in [-0.39, 0.29) is 17.7 Å². The molecule has 4 aromatic rings. The van der Waals surface area contributed by atoms with Gasteiger partial charge >= 0.3 is 0 Å². The summed E-state index contributed by atoms with van der Waals surface area (Å²) in [5.74, 6) is 0.350. The van der Waals surface area contributed by atoms with Gasteiger partial charge in [-0.1, -0.05) is 48.2 Å². The number of aromatic nitrogens is 2. The summed E-state index contributed by atoms with van der Waals surface area (Å²) in [6.07, 6.45) is 1.86. The number of H-pyrrole nitrogens is 1. The predicted molar refractivity (Wildman–Crippen MR) is 144 cm³/mol. The largest absolute Gasteiger partial charge is 0.369 e. The number of anilines is 1. The van der Waals surface area contributed by atoms with Gasteiger partial charge in [0.05, 0.1) is 17.0 Å².